The first-order valence-corrected chi connectivity index (χ1v) is 13.1. The van der Waals surface area contributed by atoms with Gasteiger partial charge in [-0.05, 0) is 42.5 Å². The molecule has 5 rings (SSSR count). The predicted molar refractivity (Wildman–Crippen MR) is 147 cm³/mol. The number of nitrogens with zero attached hydrogens (tertiary/aromatic N) is 2. The Morgan fingerprint density at radius 2 is 1.73 bits per heavy atom. The second-order valence-corrected chi connectivity index (χ2v) is 10.4. The molecule has 0 spiro atoms. The number of aromatic nitrogens is 1. The minimum Gasteiger partial charge on any atom is -0.478 e. The van der Waals surface area contributed by atoms with Crippen LogP contribution in [0.4, 0.5) is 5.69 Å². The molecule has 1 aliphatic heterocycles. The normalized spacial score (nSPS) is 14.6. The molecule has 3 aromatic carbocycles. The number of carbonyl (C=O) groups is 1. The number of anilines is 1. The van der Waals surface area contributed by atoms with Crippen LogP contribution >= 0.6 is 23.2 Å². The van der Waals surface area contributed by atoms with Gasteiger partial charge in [0.15, 0.2) is 0 Å². The molecule has 0 bridgehead atoms. The lowest BCUT2D eigenvalue weighted by atomic mass is 9.99. The van der Waals surface area contributed by atoms with Gasteiger partial charge in [-0.1, -0.05) is 72.5 Å². The quantitative estimate of drug-likeness (QED) is 0.258. The summed E-state index contributed by atoms with van der Waals surface area (Å²) in [5, 5.41) is 16.6. The molecule has 1 aliphatic rings. The predicted octanol–water partition coefficient (Wildman–Crippen LogP) is 7.81. The molecule has 0 atom stereocenters. The summed E-state index contributed by atoms with van der Waals surface area (Å²) in [4.78, 5) is 14.0. The van der Waals surface area contributed by atoms with Gasteiger partial charge in [0.25, 0.3) is 0 Å². The highest BCUT2D eigenvalue weighted by atomic mass is 35.5. The number of ether oxygens (including phenoxy) is 1. The Morgan fingerprint density at radius 1 is 1.05 bits per heavy atom. The number of piperidine rings is 1. The third kappa shape index (κ3) is 5.06. The maximum atomic E-state index is 11.7. The molecule has 37 heavy (non-hydrogen) atoms. The van der Waals surface area contributed by atoms with Crippen LogP contribution in [0.1, 0.15) is 54.3 Å². The van der Waals surface area contributed by atoms with Gasteiger partial charge in [-0.2, -0.15) is 0 Å². The lowest BCUT2D eigenvalue weighted by Gasteiger charge is -2.34. The third-order valence-electron chi connectivity index (χ3n) is 6.92. The molecule has 0 saturated carbocycles. The van der Waals surface area contributed by atoms with E-state index in [2.05, 4.69) is 23.9 Å². The van der Waals surface area contributed by atoms with Crippen molar-refractivity contribution in [2.75, 3.05) is 18.0 Å². The van der Waals surface area contributed by atoms with Gasteiger partial charge in [0, 0.05) is 41.2 Å². The Morgan fingerprint density at radius 3 is 2.38 bits per heavy atom. The fourth-order valence-corrected chi connectivity index (χ4v) is 5.62. The van der Waals surface area contributed by atoms with Crippen molar-refractivity contribution in [3.05, 3.63) is 81.5 Å². The molecule has 0 aliphatic carbocycles. The zero-order valence-corrected chi connectivity index (χ0v) is 22.2. The number of carboxylic acids is 1. The van der Waals surface area contributed by atoms with E-state index in [9.17, 15) is 9.90 Å². The van der Waals surface area contributed by atoms with Crippen LogP contribution in [0.15, 0.2) is 59.1 Å². The molecular formula is C29H28Cl2N2O4. The molecule has 0 amide bonds. The van der Waals surface area contributed by atoms with Gasteiger partial charge < -0.3 is 19.3 Å². The summed E-state index contributed by atoms with van der Waals surface area (Å²) in [5.41, 5.74) is 3.54. The van der Waals surface area contributed by atoms with Gasteiger partial charge in [0.2, 0.25) is 0 Å². The van der Waals surface area contributed by atoms with Crippen molar-refractivity contribution in [3.8, 4) is 11.3 Å². The van der Waals surface area contributed by atoms with E-state index in [0.29, 0.717) is 33.5 Å². The minimum atomic E-state index is -0.915. The van der Waals surface area contributed by atoms with E-state index in [1.807, 2.05) is 30.3 Å². The monoisotopic (exact) mass is 538 g/mol. The zero-order chi connectivity index (χ0) is 26.1. The van der Waals surface area contributed by atoms with E-state index in [4.69, 9.17) is 32.5 Å². The fraction of sp³-hybridized carbons (Fsp3) is 0.310. The molecule has 0 radical (unpaired) electrons. The Balaban J connectivity index is 1.32. The van der Waals surface area contributed by atoms with Crippen LogP contribution < -0.4 is 4.90 Å². The summed E-state index contributed by atoms with van der Waals surface area (Å²) in [6.45, 7) is 6.09. The molecule has 0 unspecified atom stereocenters. The summed E-state index contributed by atoms with van der Waals surface area (Å²) < 4.78 is 12.1. The number of hydrogen-bond acceptors (Lipinski definition) is 5. The Kier molecular flexibility index (Phi) is 7.43. The van der Waals surface area contributed by atoms with Crippen LogP contribution in [0.5, 0.6) is 0 Å². The summed E-state index contributed by atoms with van der Waals surface area (Å²) in [7, 11) is 0. The molecular weight excluding hydrogens is 511 g/mol. The molecule has 1 fully saturated rings. The number of aromatic carboxylic acids is 1. The number of hydrogen-bond donors (Lipinski definition) is 1. The maximum absolute atomic E-state index is 11.7. The first-order valence-electron chi connectivity index (χ1n) is 12.4. The minimum absolute atomic E-state index is 0.0743. The highest BCUT2D eigenvalue weighted by molar-refractivity contribution is 6.39. The molecule has 192 valence electrons. The van der Waals surface area contributed by atoms with Crippen molar-refractivity contribution < 1.29 is 19.2 Å². The first-order chi connectivity index (χ1) is 17.8. The van der Waals surface area contributed by atoms with E-state index in [1.165, 1.54) is 0 Å². The molecule has 1 saturated heterocycles. The average Bonchev–Trinajstić information content (AvgIpc) is 3.31. The molecule has 2 heterocycles. The number of rotatable bonds is 7. The van der Waals surface area contributed by atoms with E-state index in [0.717, 1.165) is 53.7 Å². The highest BCUT2D eigenvalue weighted by Gasteiger charge is 2.26. The maximum Gasteiger partial charge on any atom is 0.336 e. The number of carboxylic acid groups (broad SMARTS) is 1. The lowest BCUT2D eigenvalue weighted by Crippen LogP contribution is -2.37. The van der Waals surface area contributed by atoms with Gasteiger partial charge in [0.05, 0.1) is 28.3 Å². The molecule has 1 aromatic heterocycles. The zero-order valence-electron chi connectivity index (χ0n) is 20.7. The van der Waals surface area contributed by atoms with Crippen molar-refractivity contribution in [1.29, 1.82) is 0 Å². The van der Waals surface area contributed by atoms with E-state index in [-0.39, 0.29) is 12.0 Å². The van der Waals surface area contributed by atoms with E-state index in [1.54, 1.807) is 24.3 Å². The van der Waals surface area contributed by atoms with Crippen LogP contribution in [-0.4, -0.2) is 35.4 Å². The fourth-order valence-electron chi connectivity index (χ4n) is 5.05. The average molecular weight is 539 g/mol. The Labute approximate surface area is 225 Å². The summed E-state index contributed by atoms with van der Waals surface area (Å²) >= 11 is 12.9. The van der Waals surface area contributed by atoms with Gasteiger partial charge in [-0.3, -0.25) is 0 Å². The molecule has 6 nitrogen and oxygen atoms in total. The lowest BCUT2D eigenvalue weighted by molar-refractivity contribution is 0.0245. The van der Waals surface area contributed by atoms with Crippen LogP contribution in [0, 0.1) is 0 Å². The van der Waals surface area contributed by atoms with Gasteiger partial charge >= 0.3 is 5.97 Å². The van der Waals surface area contributed by atoms with Gasteiger partial charge in [0.1, 0.15) is 11.5 Å². The Hall–Kier alpha value is -3.06. The SMILES string of the molecule is CC(C)c1onc(-c2c(Cl)cccc2Cl)c1COC1CCN(c2ccc(C(=O)O)c3ccccc23)CC1. The van der Waals surface area contributed by atoms with E-state index >= 15 is 0 Å². The van der Waals surface area contributed by atoms with Crippen LogP contribution in [0.2, 0.25) is 10.0 Å². The van der Waals surface area contributed by atoms with Crippen molar-refractivity contribution in [3.63, 3.8) is 0 Å². The van der Waals surface area contributed by atoms with Crippen molar-refractivity contribution in [2.45, 2.75) is 45.3 Å². The topological polar surface area (TPSA) is 75.8 Å². The number of benzene rings is 3. The molecule has 8 heteroatoms. The second-order valence-electron chi connectivity index (χ2n) is 9.61. The third-order valence-corrected chi connectivity index (χ3v) is 7.55. The van der Waals surface area contributed by atoms with Crippen molar-refractivity contribution in [2.24, 2.45) is 0 Å². The van der Waals surface area contributed by atoms with Crippen molar-refractivity contribution >= 4 is 45.6 Å². The van der Waals surface area contributed by atoms with Crippen molar-refractivity contribution in [1.82, 2.24) is 5.16 Å². The largest absolute Gasteiger partial charge is 0.478 e. The summed E-state index contributed by atoms with van der Waals surface area (Å²) in [5.74, 6) is -0.0137. The molecule has 4 aromatic rings. The van der Waals surface area contributed by atoms with E-state index < -0.39 is 5.97 Å². The molecule has 1 N–H and O–H groups in total. The van der Waals surface area contributed by atoms with Crippen LogP contribution in [0.3, 0.4) is 0 Å². The summed E-state index contributed by atoms with van der Waals surface area (Å²) in [6.07, 6.45) is 1.77. The number of halogens is 2. The Bertz CT molecular complexity index is 1420. The van der Waals surface area contributed by atoms with Gasteiger partial charge in [-0.25, -0.2) is 4.79 Å². The second kappa shape index (κ2) is 10.7. The smallest absolute Gasteiger partial charge is 0.336 e. The summed E-state index contributed by atoms with van der Waals surface area (Å²) in [6, 6.07) is 16.7. The highest BCUT2D eigenvalue weighted by Crippen LogP contribution is 2.39. The van der Waals surface area contributed by atoms with Crippen LogP contribution in [-0.2, 0) is 11.3 Å². The first kappa shape index (κ1) is 25.6. The standard InChI is InChI=1S/C29H28Cl2N2O4/c1-17(2)28-22(27(32-37-28)26-23(30)8-5-9-24(26)31)16-36-18-12-14-33(15-13-18)25-11-10-21(29(34)35)19-6-3-4-7-20(19)25/h3-11,17-18H,12-16H2,1-2H3,(H,34,35). The van der Waals surface area contributed by atoms with Gasteiger partial charge in [-0.15, -0.1) is 0 Å². The van der Waals surface area contributed by atoms with Crippen LogP contribution in [0.25, 0.3) is 22.0 Å². The number of fused-ring (bicyclic) bond motifs is 1.